The number of rotatable bonds is 4. The number of hydrogen-bond donors (Lipinski definition) is 2. The summed E-state index contributed by atoms with van der Waals surface area (Å²) >= 11 is 0. The predicted molar refractivity (Wildman–Crippen MR) is 85.8 cm³/mol. The number of carbonyl (C=O) groups is 2. The first-order valence-electron chi connectivity index (χ1n) is 7.61. The average Bonchev–Trinajstić information content (AvgIpc) is 3.08. The number of ether oxygens (including phenoxy) is 1. The van der Waals surface area contributed by atoms with Gasteiger partial charge in [0.15, 0.2) is 0 Å². The first-order chi connectivity index (χ1) is 12.1. The van der Waals surface area contributed by atoms with Gasteiger partial charge in [0.2, 0.25) is 5.91 Å². The fraction of sp³-hybridized carbons (Fsp3) is 0.333. The van der Waals surface area contributed by atoms with Crippen LogP contribution < -0.4 is 15.5 Å². The standard InChI is InChI=1S/C15H17FN6O3/c1-25-15(24)18-7-10-8-22(20-19-10)11-2-3-13(12(16)6-11)21-5-4-17-14(23)9-21/h2-3,6,8H,4-5,7,9H2,1H3,(H,17,23)(H,18,24). The van der Waals surface area contributed by atoms with Crippen molar-refractivity contribution in [2.75, 3.05) is 31.6 Å². The lowest BCUT2D eigenvalue weighted by atomic mass is 10.2. The Bertz CT molecular complexity index is 793. The maximum Gasteiger partial charge on any atom is 0.407 e. The van der Waals surface area contributed by atoms with E-state index in [1.165, 1.54) is 17.9 Å². The fourth-order valence-corrected chi connectivity index (χ4v) is 2.48. The van der Waals surface area contributed by atoms with E-state index in [2.05, 4.69) is 25.7 Å². The quantitative estimate of drug-likeness (QED) is 0.818. The van der Waals surface area contributed by atoms with Crippen molar-refractivity contribution in [1.29, 1.82) is 0 Å². The summed E-state index contributed by atoms with van der Waals surface area (Å²) in [6, 6.07) is 4.63. The van der Waals surface area contributed by atoms with Gasteiger partial charge in [-0.25, -0.2) is 13.9 Å². The van der Waals surface area contributed by atoms with Gasteiger partial charge in [-0.2, -0.15) is 0 Å². The first kappa shape index (κ1) is 16.7. The van der Waals surface area contributed by atoms with Crippen LogP contribution in [0, 0.1) is 5.82 Å². The van der Waals surface area contributed by atoms with Gasteiger partial charge in [-0.3, -0.25) is 4.79 Å². The van der Waals surface area contributed by atoms with Crippen molar-refractivity contribution in [2.45, 2.75) is 6.54 Å². The number of alkyl carbamates (subject to hydrolysis) is 1. The van der Waals surface area contributed by atoms with Crippen LogP contribution in [-0.2, 0) is 16.1 Å². The lowest BCUT2D eigenvalue weighted by Crippen LogP contribution is -2.48. The summed E-state index contributed by atoms with van der Waals surface area (Å²) in [4.78, 5) is 24.2. The van der Waals surface area contributed by atoms with Gasteiger partial charge < -0.3 is 20.3 Å². The number of carbonyl (C=O) groups excluding carboxylic acids is 2. The van der Waals surface area contributed by atoms with Gasteiger partial charge in [-0.15, -0.1) is 5.10 Å². The maximum absolute atomic E-state index is 14.4. The van der Waals surface area contributed by atoms with Gasteiger partial charge in [0, 0.05) is 19.2 Å². The second-order valence-corrected chi connectivity index (χ2v) is 5.41. The van der Waals surface area contributed by atoms with E-state index in [0.717, 1.165) is 0 Å². The van der Waals surface area contributed by atoms with Crippen LogP contribution in [0.3, 0.4) is 0 Å². The second-order valence-electron chi connectivity index (χ2n) is 5.41. The molecule has 10 heteroatoms. The summed E-state index contributed by atoms with van der Waals surface area (Å²) in [5, 5.41) is 13.0. The molecule has 1 aliphatic rings. The average molecular weight is 348 g/mol. The van der Waals surface area contributed by atoms with Crippen LogP contribution >= 0.6 is 0 Å². The number of amides is 2. The molecule has 2 amide bonds. The van der Waals surface area contributed by atoms with E-state index in [0.29, 0.717) is 30.2 Å². The van der Waals surface area contributed by atoms with E-state index in [9.17, 15) is 14.0 Å². The maximum atomic E-state index is 14.4. The molecule has 3 rings (SSSR count). The minimum Gasteiger partial charge on any atom is -0.453 e. The first-order valence-corrected chi connectivity index (χ1v) is 7.61. The summed E-state index contributed by atoms with van der Waals surface area (Å²) < 4.78 is 20.3. The number of aromatic nitrogens is 3. The van der Waals surface area contributed by atoms with Crippen LogP contribution in [0.4, 0.5) is 14.9 Å². The molecule has 0 radical (unpaired) electrons. The van der Waals surface area contributed by atoms with Gasteiger partial charge in [0.05, 0.1) is 37.8 Å². The molecule has 1 saturated heterocycles. The molecule has 0 saturated carbocycles. The van der Waals surface area contributed by atoms with E-state index < -0.39 is 11.9 Å². The van der Waals surface area contributed by atoms with Crippen molar-refractivity contribution in [3.8, 4) is 5.69 Å². The Morgan fingerprint density at radius 2 is 2.32 bits per heavy atom. The number of anilines is 1. The molecule has 2 aromatic rings. The number of halogens is 1. The largest absolute Gasteiger partial charge is 0.453 e. The normalized spacial score (nSPS) is 14.2. The minimum absolute atomic E-state index is 0.128. The van der Waals surface area contributed by atoms with Crippen LogP contribution in [0.5, 0.6) is 0 Å². The molecule has 25 heavy (non-hydrogen) atoms. The van der Waals surface area contributed by atoms with Crippen LogP contribution in [0.25, 0.3) is 5.69 Å². The SMILES string of the molecule is COC(=O)NCc1cn(-c2ccc(N3CCNC(=O)C3)c(F)c2)nn1. The molecule has 0 unspecified atom stereocenters. The van der Waals surface area contributed by atoms with Crippen LogP contribution in [0.2, 0.25) is 0 Å². The fourth-order valence-electron chi connectivity index (χ4n) is 2.48. The smallest absolute Gasteiger partial charge is 0.407 e. The lowest BCUT2D eigenvalue weighted by Gasteiger charge is -2.28. The molecule has 1 aromatic heterocycles. The van der Waals surface area contributed by atoms with Crippen LogP contribution in [-0.4, -0.2) is 53.7 Å². The van der Waals surface area contributed by atoms with E-state index in [1.807, 2.05) is 0 Å². The van der Waals surface area contributed by atoms with E-state index >= 15 is 0 Å². The number of nitrogens with zero attached hydrogens (tertiary/aromatic N) is 4. The number of hydrogen-bond acceptors (Lipinski definition) is 6. The molecule has 1 aliphatic heterocycles. The van der Waals surface area contributed by atoms with E-state index in [-0.39, 0.29) is 19.0 Å². The summed E-state index contributed by atoms with van der Waals surface area (Å²) in [6.07, 6.45) is 1.01. The van der Waals surface area contributed by atoms with Crippen molar-refractivity contribution in [1.82, 2.24) is 25.6 Å². The molecule has 0 atom stereocenters. The molecule has 1 fully saturated rings. The van der Waals surface area contributed by atoms with Crippen molar-refractivity contribution in [3.63, 3.8) is 0 Å². The van der Waals surface area contributed by atoms with Gasteiger partial charge in [0.1, 0.15) is 11.5 Å². The Balaban J connectivity index is 1.73. The molecule has 0 aliphatic carbocycles. The molecule has 132 valence electrons. The van der Waals surface area contributed by atoms with Crippen molar-refractivity contribution in [3.05, 3.63) is 35.9 Å². The van der Waals surface area contributed by atoms with Crippen LogP contribution in [0.15, 0.2) is 24.4 Å². The summed E-state index contributed by atoms with van der Waals surface area (Å²) in [6.45, 7) is 1.31. The number of nitrogens with one attached hydrogen (secondary N) is 2. The molecule has 0 spiro atoms. The van der Waals surface area contributed by atoms with Gasteiger partial charge >= 0.3 is 6.09 Å². The van der Waals surface area contributed by atoms with Crippen molar-refractivity contribution < 1.29 is 18.7 Å². The molecule has 9 nitrogen and oxygen atoms in total. The third-order valence-electron chi connectivity index (χ3n) is 3.71. The molecule has 2 heterocycles. The van der Waals surface area contributed by atoms with Gasteiger partial charge in [0.25, 0.3) is 0 Å². The lowest BCUT2D eigenvalue weighted by molar-refractivity contribution is -0.120. The third kappa shape index (κ3) is 3.84. The van der Waals surface area contributed by atoms with Crippen molar-refractivity contribution in [2.24, 2.45) is 0 Å². The highest BCUT2D eigenvalue weighted by Gasteiger charge is 2.19. The van der Waals surface area contributed by atoms with Crippen LogP contribution in [0.1, 0.15) is 5.69 Å². The highest BCUT2D eigenvalue weighted by Crippen LogP contribution is 2.22. The highest BCUT2D eigenvalue weighted by atomic mass is 19.1. The number of benzene rings is 1. The Morgan fingerprint density at radius 1 is 1.48 bits per heavy atom. The van der Waals surface area contributed by atoms with E-state index in [1.54, 1.807) is 23.2 Å². The molecular formula is C15H17FN6O3. The van der Waals surface area contributed by atoms with Gasteiger partial charge in [-0.1, -0.05) is 5.21 Å². The Hall–Kier alpha value is -3.17. The molecule has 1 aromatic carbocycles. The molecule has 2 N–H and O–H groups in total. The monoisotopic (exact) mass is 348 g/mol. The highest BCUT2D eigenvalue weighted by molar-refractivity contribution is 5.82. The zero-order valence-electron chi connectivity index (χ0n) is 13.5. The Morgan fingerprint density at radius 3 is 3.04 bits per heavy atom. The number of methoxy groups -OCH3 is 1. The number of piperazine rings is 1. The topological polar surface area (TPSA) is 101 Å². The Labute approximate surface area is 142 Å². The minimum atomic E-state index is -0.574. The van der Waals surface area contributed by atoms with E-state index in [4.69, 9.17) is 0 Å². The third-order valence-corrected chi connectivity index (χ3v) is 3.71. The predicted octanol–water partition coefficient (Wildman–Crippen LogP) is 0.199. The Kier molecular flexibility index (Phi) is 4.78. The zero-order chi connectivity index (χ0) is 17.8. The zero-order valence-corrected chi connectivity index (χ0v) is 13.5. The second kappa shape index (κ2) is 7.16. The van der Waals surface area contributed by atoms with Gasteiger partial charge in [-0.05, 0) is 12.1 Å². The summed E-state index contributed by atoms with van der Waals surface area (Å²) in [5.74, 6) is -0.578. The molecule has 0 bridgehead atoms. The summed E-state index contributed by atoms with van der Waals surface area (Å²) in [7, 11) is 1.27. The summed E-state index contributed by atoms with van der Waals surface area (Å²) in [5.41, 5.74) is 1.36. The van der Waals surface area contributed by atoms with Crippen molar-refractivity contribution >= 4 is 17.7 Å². The molecular weight excluding hydrogens is 331 g/mol.